The average molecular weight is 240 g/mol. The molecule has 1 rings (SSSR count). The number of hydrogen-bond acceptors (Lipinski definition) is 2. The Morgan fingerprint density at radius 1 is 1.44 bits per heavy atom. The lowest BCUT2D eigenvalue weighted by molar-refractivity contribution is -0.122. The van der Waals surface area contributed by atoms with Gasteiger partial charge < -0.3 is 15.4 Å². The first kappa shape index (κ1) is 13.1. The molecule has 0 radical (unpaired) electrons. The Bertz CT molecular complexity index is 245. The summed E-state index contributed by atoms with van der Waals surface area (Å²) in [7, 11) is 1.53. The lowest BCUT2D eigenvalue weighted by Gasteiger charge is -2.20. The molecule has 0 aromatic heterocycles. The summed E-state index contributed by atoms with van der Waals surface area (Å²) >= 11 is 0. The van der Waals surface area contributed by atoms with Crippen LogP contribution >= 0.6 is 0 Å². The number of nitrogens with one attached hydrogen (secondary N) is 2. The number of halogens is 3. The van der Waals surface area contributed by atoms with Gasteiger partial charge in [0, 0.05) is 7.11 Å². The van der Waals surface area contributed by atoms with E-state index in [1.54, 1.807) is 5.32 Å². The Labute approximate surface area is 91.5 Å². The molecule has 1 saturated carbocycles. The number of hydrogen-bond donors (Lipinski definition) is 2. The van der Waals surface area contributed by atoms with Gasteiger partial charge in [-0.15, -0.1) is 0 Å². The van der Waals surface area contributed by atoms with Crippen LogP contribution in [0.15, 0.2) is 0 Å². The quantitative estimate of drug-likeness (QED) is 0.783. The van der Waals surface area contributed by atoms with Crippen molar-refractivity contribution in [2.45, 2.75) is 37.6 Å². The maximum Gasteiger partial charge on any atom is 0.405 e. The SMILES string of the molecule is COC1CCCC1NC(=O)NCC(F)(F)F. The van der Waals surface area contributed by atoms with E-state index in [0.717, 1.165) is 19.3 Å². The monoisotopic (exact) mass is 240 g/mol. The van der Waals surface area contributed by atoms with E-state index in [1.165, 1.54) is 7.11 Å². The van der Waals surface area contributed by atoms with Crippen molar-refractivity contribution in [2.75, 3.05) is 13.7 Å². The summed E-state index contributed by atoms with van der Waals surface area (Å²) in [6.45, 7) is -1.32. The van der Waals surface area contributed by atoms with Crippen molar-refractivity contribution in [1.29, 1.82) is 0 Å². The summed E-state index contributed by atoms with van der Waals surface area (Å²) in [4.78, 5) is 11.1. The highest BCUT2D eigenvalue weighted by Gasteiger charge is 2.31. The van der Waals surface area contributed by atoms with Crippen molar-refractivity contribution in [3.05, 3.63) is 0 Å². The fourth-order valence-corrected chi connectivity index (χ4v) is 1.77. The number of methoxy groups -OCH3 is 1. The molecule has 0 aromatic carbocycles. The minimum atomic E-state index is -4.38. The minimum absolute atomic E-state index is 0.100. The standard InChI is InChI=1S/C9H15F3N2O2/c1-16-7-4-2-3-6(7)14-8(15)13-5-9(10,11)12/h6-7H,2-5H2,1H3,(H2,13,14,15). The molecule has 16 heavy (non-hydrogen) atoms. The predicted octanol–water partition coefficient (Wildman–Crippen LogP) is 1.42. The van der Waals surface area contributed by atoms with Crippen molar-refractivity contribution in [3.8, 4) is 0 Å². The number of carbonyl (C=O) groups is 1. The summed E-state index contributed by atoms with van der Waals surface area (Å²) in [6.07, 6.45) is -2.02. The largest absolute Gasteiger partial charge is 0.405 e. The summed E-state index contributed by atoms with van der Waals surface area (Å²) in [6, 6.07) is -0.996. The zero-order chi connectivity index (χ0) is 12.2. The van der Waals surface area contributed by atoms with E-state index >= 15 is 0 Å². The molecule has 0 bridgehead atoms. The third kappa shape index (κ3) is 4.26. The minimum Gasteiger partial charge on any atom is -0.379 e. The average Bonchev–Trinajstić information content (AvgIpc) is 2.61. The fourth-order valence-electron chi connectivity index (χ4n) is 1.77. The van der Waals surface area contributed by atoms with Gasteiger partial charge in [-0.2, -0.15) is 13.2 Å². The van der Waals surface area contributed by atoms with Crippen LogP contribution in [0.2, 0.25) is 0 Å². The second-order valence-electron chi connectivity index (χ2n) is 3.75. The van der Waals surface area contributed by atoms with Gasteiger partial charge in [0.15, 0.2) is 0 Å². The van der Waals surface area contributed by atoms with Crippen LogP contribution in [0.1, 0.15) is 19.3 Å². The molecule has 4 nitrogen and oxygen atoms in total. The van der Waals surface area contributed by atoms with Crippen LogP contribution in [0.3, 0.4) is 0 Å². The Hall–Kier alpha value is -0.980. The molecule has 0 saturated heterocycles. The molecule has 1 fully saturated rings. The molecular formula is C9H15F3N2O2. The Morgan fingerprint density at radius 3 is 2.69 bits per heavy atom. The number of amides is 2. The van der Waals surface area contributed by atoms with Crippen LogP contribution in [0.4, 0.5) is 18.0 Å². The highest BCUT2D eigenvalue weighted by molar-refractivity contribution is 5.74. The molecule has 0 spiro atoms. The molecule has 2 N–H and O–H groups in total. The fraction of sp³-hybridized carbons (Fsp3) is 0.889. The summed E-state index contributed by atoms with van der Waals surface area (Å²) in [5.74, 6) is 0. The predicted molar refractivity (Wildman–Crippen MR) is 51.0 cm³/mol. The van der Waals surface area contributed by atoms with E-state index in [-0.39, 0.29) is 12.1 Å². The van der Waals surface area contributed by atoms with Crippen LogP contribution in [0, 0.1) is 0 Å². The Morgan fingerprint density at radius 2 is 2.12 bits per heavy atom. The van der Waals surface area contributed by atoms with E-state index in [9.17, 15) is 18.0 Å². The lowest BCUT2D eigenvalue weighted by atomic mass is 10.2. The highest BCUT2D eigenvalue weighted by Crippen LogP contribution is 2.21. The Balaban J connectivity index is 2.28. The third-order valence-electron chi connectivity index (χ3n) is 2.52. The third-order valence-corrected chi connectivity index (χ3v) is 2.52. The van der Waals surface area contributed by atoms with Gasteiger partial charge >= 0.3 is 12.2 Å². The zero-order valence-corrected chi connectivity index (χ0v) is 8.93. The van der Waals surface area contributed by atoms with Gasteiger partial charge in [-0.3, -0.25) is 0 Å². The van der Waals surface area contributed by atoms with Crippen LogP contribution < -0.4 is 10.6 Å². The summed E-state index contributed by atoms with van der Waals surface area (Å²) in [5, 5.41) is 4.24. The van der Waals surface area contributed by atoms with Crippen LogP contribution in [-0.2, 0) is 4.74 Å². The molecular weight excluding hydrogens is 225 g/mol. The van der Waals surface area contributed by atoms with Gasteiger partial charge in [0.2, 0.25) is 0 Å². The molecule has 1 aliphatic carbocycles. The van der Waals surface area contributed by atoms with Crippen molar-refractivity contribution in [3.63, 3.8) is 0 Å². The van der Waals surface area contributed by atoms with E-state index in [1.807, 2.05) is 0 Å². The lowest BCUT2D eigenvalue weighted by Crippen LogP contribution is -2.48. The van der Waals surface area contributed by atoms with E-state index < -0.39 is 18.8 Å². The summed E-state index contributed by atoms with van der Waals surface area (Å²) < 4.78 is 40.5. The van der Waals surface area contributed by atoms with Gasteiger partial charge in [0.25, 0.3) is 0 Å². The Kier molecular flexibility index (Phi) is 4.40. The first-order chi connectivity index (χ1) is 7.42. The number of carbonyl (C=O) groups excluding carboxylic acids is 1. The van der Waals surface area contributed by atoms with Gasteiger partial charge in [-0.05, 0) is 19.3 Å². The van der Waals surface area contributed by atoms with Gasteiger partial charge in [0.1, 0.15) is 6.54 Å². The normalized spacial score (nSPS) is 25.5. The number of alkyl halides is 3. The van der Waals surface area contributed by atoms with Gasteiger partial charge in [0.05, 0.1) is 12.1 Å². The molecule has 0 heterocycles. The van der Waals surface area contributed by atoms with Crippen LogP contribution in [-0.4, -0.2) is 38.0 Å². The van der Waals surface area contributed by atoms with Crippen molar-refractivity contribution >= 4 is 6.03 Å². The van der Waals surface area contributed by atoms with Crippen LogP contribution in [0.5, 0.6) is 0 Å². The highest BCUT2D eigenvalue weighted by atomic mass is 19.4. The molecule has 2 unspecified atom stereocenters. The topological polar surface area (TPSA) is 50.4 Å². The first-order valence-corrected chi connectivity index (χ1v) is 5.06. The van der Waals surface area contributed by atoms with E-state index in [2.05, 4.69) is 5.32 Å². The second kappa shape index (κ2) is 5.38. The van der Waals surface area contributed by atoms with Crippen molar-refractivity contribution in [1.82, 2.24) is 10.6 Å². The smallest absolute Gasteiger partial charge is 0.379 e. The second-order valence-corrected chi connectivity index (χ2v) is 3.75. The maximum absolute atomic E-state index is 11.8. The number of rotatable bonds is 3. The molecule has 2 atom stereocenters. The molecule has 2 amide bonds. The van der Waals surface area contributed by atoms with Crippen LogP contribution in [0.25, 0.3) is 0 Å². The number of ether oxygens (including phenoxy) is 1. The molecule has 94 valence electrons. The number of urea groups is 1. The molecule has 0 aromatic rings. The van der Waals surface area contributed by atoms with Gasteiger partial charge in [-0.25, -0.2) is 4.79 Å². The van der Waals surface area contributed by atoms with Crippen molar-refractivity contribution < 1.29 is 22.7 Å². The first-order valence-electron chi connectivity index (χ1n) is 5.06. The zero-order valence-electron chi connectivity index (χ0n) is 8.93. The molecule has 7 heteroatoms. The molecule has 0 aliphatic heterocycles. The van der Waals surface area contributed by atoms with E-state index in [0.29, 0.717) is 0 Å². The van der Waals surface area contributed by atoms with Gasteiger partial charge in [-0.1, -0.05) is 0 Å². The maximum atomic E-state index is 11.8. The molecule has 1 aliphatic rings. The van der Waals surface area contributed by atoms with E-state index in [4.69, 9.17) is 4.74 Å². The van der Waals surface area contributed by atoms with Crippen molar-refractivity contribution in [2.24, 2.45) is 0 Å². The summed E-state index contributed by atoms with van der Waals surface area (Å²) in [5.41, 5.74) is 0.